The highest BCUT2D eigenvalue weighted by molar-refractivity contribution is 14.2. The molecule has 0 aromatic carbocycles. The molecule has 0 radical (unpaired) electrons. The average molecular weight is 249 g/mol. The molecule has 0 aromatic heterocycles. The van der Waals surface area contributed by atoms with Crippen molar-refractivity contribution in [1.29, 1.82) is 5.26 Å². The molecule has 0 fully saturated rings. The summed E-state index contributed by atoms with van der Waals surface area (Å²) in [6, 6.07) is 0. The first-order valence-electron chi connectivity index (χ1n) is 0.915. The van der Waals surface area contributed by atoms with Gasteiger partial charge in [-0.25, -0.2) is 0 Å². The van der Waals surface area contributed by atoms with Gasteiger partial charge in [0.05, 0.1) is 4.32 Å². The molecule has 0 aliphatic carbocycles. The molecule has 0 spiro atoms. The van der Waals surface area contributed by atoms with Crippen LogP contribution in [-0.2, 0) is 26.7 Å². The van der Waals surface area contributed by atoms with Crippen LogP contribution in [0.5, 0.6) is 0 Å². The second-order valence-corrected chi connectivity index (χ2v) is 12.8. The maximum atomic E-state index is 7.97. The first-order chi connectivity index (χ1) is 2.56. The molecule has 0 heterocycles. The monoisotopic (exact) mass is 249 g/mol. The number of hydrogen-bond acceptors (Lipinski definition) is 3. The van der Waals surface area contributed by atoms with Crippen LogP contribution >= 0.6 is 21.2 Å². The van der Waals surface area contributed by atoms with Crippen molar-refractivity contribution in [2.45, 2.75) is 0 Å². The van der Waals surface area contributed by atoms with Gasteiger partial charge >= 0.3 is 0 Å². The fourth-order valence-electron chi connectivity index (χ4n) is 0. The van der Waals surface area contributed by atoms with E-state index in [9.17, 15) is 0 Å². The third-order valence-electron chi connectivity index (χ3n) is 0.109. The lowest BCUT2D eigenvalue weighted by molar-refractivity contribution is 1.57. The Kier molecular flexibility index (Phi) is 2.75. The van der Waals surface area contributed by atoms with Crippen LogP contribution in [0.1, 0.15) is 0 Å². The van der Waals surface area contributed by atoms with Gasteiger partial charge in [-0.15, -0.1) is 0 Å². The van der Waals surface area contributed by atoms with Crippen LogP contribution in [0, 0.1) is 10.7 Å². The average Bonchev–Trinajstić information content (AvgIpc) is 1.35. The van der Waals surface area contributed by atoms with Crippen molar-refractivity contribution < 1.29 is 0 Å². The number of thiocyanates is 1. The number of hydrogen-bond donors (Lipinski definition) is 0. The van der Waals surface area contributed by atoms with Gasteiger partial charge in [0, 0.05) is 21.2 Å². The van der Waals surface area contributed by atoms with Gasteiger partial charge in [-0.2, -0.15) is 5.26 Å². The maximum absolute atomic E-state index is 7.97. The smallest absolute Gasteiger partial charge is 0.150 e. The Hall–Kier alpha value is 1.01. The highest BCUT2D eigenvalue weighted by atomic mass is 127. The summed E-state index contributed by atoms with van der Waals surface area (Å²) in [6.45, 7) is 0. The van der Waals surface area contributed by atoms with Gasteiger partial charge < -0.3 is 0 Å². The van der Waals surface area contributed by atoms with Crippen LogP contribution < -0.4 is 0 Å². The molecule has 0 aliphatic rings. The molecule has 0 N–H and O–H groups in total. The minimum absolute atomic E-state index is 1.72. The lowest BCUT2D eigenvalue weighted by Crippen LogP contribution is -1.67. The number of nitriles is 1. The van der Waals surface area contributed by atoms with Crippen molar-refractivity contribution in [3.8, 4) is 5.40 Å². The zero-order chi connectivity index (χ0) is 5.21. The highest BCUT2D eigenvalue weighted by Crippen LogP contribution is 1.98. The zero-order valence-electron chi connectivity index (χ0n) is 2.55. The normalized spacial score (nSPS) is 10.0. The van der Waals surface area contributed by atoms with Gasteiger partial charge in [0.15, 0.2) is 5.40 Å². The first kappa shape index (κ1) is 7.01. The summed E-state index contributed by atoms with van der Waals surface area (Å²) >= 11 is 10.8. The van der Waals surface area contributed by atoms with E-state index in [-0.39, 0.29) is 0 Å². The zero-order valence-corrected chi connectivity index (χ0v) is 7.16. The lowest BCUT2D eigenvalue weighted by Gasteiger charge is -1.71. The Morgan fingerprint density at radius 2 is 1.83 bits per heavy atom. The van der Waals surface area contributed by atoms with E-state index >= 15 is 0 Å². The Balaban J connectivity index is 4.41. The van der Waals surface area contributed by atoms with Crippen LogP contribution in [0.15, 0.2) is 0 Å². The quantitative estimate of drug-likeness (QED) is 0.362. The van der Waals surface area contributed by atoms with Crippen molar-refractivity contribution in [3.63, 3.8) is 0 Å². The van der Waals surface area contributed by atoms with Gasteiger partial charge in [-0.1, -0.05) is 0 Å². The van der Waals surface area contributed by atoms with E-state index in [1.165, 1.54) is 0 Å². The molecule has 0 aromatic rings. The van der Waals surface area contributed by atoms with Crippen LogP contribution in [0.4, 0.5) is 0 Å². The summed E-state index contributed by atoms with van der Waals surface area (Å²) in [6.07, 6.45) is 0. The molecule has 0 amide bonds. The second kappa shape index (κ2) is 2.35. The van der Waals surface area contributed by atoms with Gasteiger partial charge in [0.2, 0.25) is 0 Å². The molecule has 0 aliphatic heterocycles. The van der Waals surface area contributed by atoms with E-state index in [1.807, 2.05) is 0 Å². The predicted molar refractivity (Wildman–Crippen MR) is 41.7 cm³/mol. The first-order valence-corrected chi connectivity index (χ1v) is 6.94. The molecule has 0 bridgehead atoms. The van der Waals surface area contributed by atoms with E-state index in [0.717, 1.165) is 0 Å². The maximum Gasteiger partial charge on any atom is 0.150 e. The lowest BCUT2D eigenvalue weighted by atomic mass is 11.8. The summed E-state index contributed by atoms with van der Waals surface area (Å²) in [5.74, 6) is 0. The minimum Gasteiger partial charge on any atom is -0.184 e. The summed E-state index contributed by atoms with van der Waals surface area (Å²) in [5.41, 5.74) is 0. The molecule has 1 nitrogen and oxygen atoms in total. The van der Waals surface area contributed by atoms with Gasteiger partial charge in [0.1, 0.15) is 0 Å². The van der Waals surface area contributed by atoms with Crippen molar-refractivity contribution >= 4 is 47.9 Å². The van der Waals surface area contributed by atoms with Crippen LogP contribution in [0.25, 0.3) is 0 Å². The van der Waals surface area contributed by atoms with Gasteiger partial charge in [-0.05, 0) is 22.4 Å². The van der Waals surface area contributed by atoms with E-state index in [2.05, 4.69) is 22.4 Å². The standard InChI is InChI=1S/CINS3/c2-6(4,5)1-3. The van der Waals surface area contributed by atoms with E-state index in [0.29, 0.717) is 0 Å². The van der Waals surface area contributed by atoms with Crippen molar-refractivity contribution in [1.82, 2.24) is 0 Å². The van der Waals surface area contributed by atoms with E-state index in [1.54, 1.807) is 26.6 Å². The summed E-state index contributed by atoms with van der Waals surface area (Å²) < 4.78 is -1.72. The molecule has 6 heavy (non-hydrogen) atoms. The largest absolute Gasteiger partial charge is 0.184 e. The molecular formula is CINS3. The third kappa shape index (κ3) is 5.01. The predicted octanol–water partition coefficient (Wildman–Crippen LogP) is 0.895. The number of nitrogens with zero attached hydrogens (tertiary/aromatic N) is 1. The number of halogens is 1. The Labute approximate surface area is 58.1 Å². The summed E-state index contributed by atoms with van der Waals surface area (Å²) in [4.78, 5) is 0. The molecule has 0 saturated heterocycles. The molecule has 0 saturated carbocycles. The highest BCUT2D eigenvalue weighted by Gasteiger charge is 1.82. The van der Waals surface area contributed by atoms with Crippen molar-refractivity contribution in [3.05, 3.63) is 0 Å². The van der Waals surface area contributed by atoms with Crippen LogP contribution in [0.3, 0.4) is 0 Å². The third-order valence-corrected chi connectivity index (χ3v) is 1.37. The minimum atomic E-state index is -1.72. The van der Waals surface area contributed by atoms with Gasteiger partial charge in [-0.3, -0.25) is 0 Å². The Morgan fingerprint density at radius 1 is 1.67 bits per heavy atom. The molecule has 0 atom stereocenters. The molecule has 0 rings (SSSR count). The number of rotatable bonds is 0. The fourth-order valence-corrected chi connectivity index (χ4v) is 0. The fraction of sp³-hybridized carbons (Fsp3) is 0. The van der Waals surface area contributed by atoms with Crippen LogP contribution in [0.2, 0.25) is 0 Å². The van der Waals surface area contributed by atoms with E-state index < -0.39 is 4.32 Å². The van der Waals surface area contributed by atoms with Gasteiger partial charge in [0.25, 0.3) is 0 Å². The topological polar surface area (TPSA) is 23.8 Å². The molecule has 34 valence electrons. The second-order valence-electron chi connectivity index (χ2n) is 0.529. The molecule has 0 unspecified atom stereocenters. The van der Waals surface area contributed by atoms with Crippen LogP contribution in [-0.4, -0.2) is 0 Å². The van der Waals surface area contributed by atoms with Crippen molar-refractivity contribution in [2.75, 3.05) is 0 Å². The SMILES string of the molecule is N#CS(=S)(=S)I. The molecular weight excluding hydrogens is 249 g/mol. The Morgan fingerprint density at radius 3 is 1.83 bits per heavy atom. The van der Waals surface area contributed by atoms with Crippen molar-refractivity contribution in [2.24, 2.45) is 0 Å². The Bertz CT molecular complexity index is 160. The van der Waals surface area contributed by atoms with E-state index in [4.69, 9.17) is 5.26 Å². The summed E-state index contributed by atoms with van der Waals surface area (Å²) in [5, 5.41) is 9.78. The summed E-state index contributed by atoms with van der Waals surface area (Å²) in [7, 11) is 0. The molecule has 5 heteroatoms.